The number of benzene rings is 2. The van der Waals surface area contributed by atoms with Crippen LogP contribution in [0.4, 0.5) is 14.6 Å². The summed E-state index contributed by atoms with van der Waals surface area (Å²) in [5, 5.41) is 9.02. The molecule has 4 aromatic rings. The van der Waals surface area contributed by atoms with Gasteiger partial charge in [-0.2, -0.15) is 9.97 Å². The molecule has 1 aliphatic rings. The monoisotopic (exact) mass is 523 g/mol. The summed E-state index contributed by atoms with van der Waals surface area (Å²) in [7, 11) is 2.07. The molecule has 3 heterocycles. The Kier molecular flexibility index (Phi) is 7.29. The lowest BCUT2D eigenvalue weighted by Gasteiger charge is -2.19. The third-order valence-corrected chi connectivity index (χ3v) is 7.52. The number of hydrogen-bond donors (Lipinski definition) is 2. The van der Waals surface area contributed by atoms with Crippen molar-refractivity contribution in [1.82, 2.24) is 20.2 Å². The first-order valence-electron chi connectivity index (χ1n) is 12.1. The van der Waals surface area contributed by atoms with Crippen molar-refractivity contribution in [2.24, 2.45) is 0 Å². The number of aromatic nitrogens is 2. The molecule has 2 aromatic heterocycles. The van der Waals surface area contributed by atoms with Crippen LogP contribution in [0.3, 0.4) is 0 Å². The first-order valence-corrected chi connectivity index (χ1v) is 13.0. The standard InChI is InChI=1S/C27H27F2N5O2S/c1-16(28)26(35)31-10-9-30-25-21-13-22(29)20(19-7-3-5-17-8-12-37-24(17)19)14-23(21)32-27(33-25)36-15-18-6-4-11-34(18)2/h3,5,7-8,12-14,18H,1,4,6,9-11,15H2,2H3,(H,31,35)(H,30,32,33)/t18-/m0/s1. The van der Waals surface area contributed by atoms with Crippen molar-refractivity contribution < 1.29 is 18.3 Å². The summed E-state index contributed by atoms with van der Waals surface area (Å²) in [6.45, 7) is 4.80. The lowest BCUT2D eigenvalue weighted by molar-refractivity contribution is -0.118. The summed E-state index contributed by atoms with van der Waals surface area (Å²) < 4.78 is 35.4. The molecule has 0 spiro atoms. The maximum atomic E-state index is 15.5. The SMILES string of the molecule is C=C(F)C(=O)NCCNc1nc(OC[C@@H]2CCCN2C)nc2cc(-c3cccc4ccsc34)c(F)cc12. The van der Waals surface area contributed by atoms with E-state index >= 15 is 4.39 Å². The van der Waals surface area contributed by atoms with E-state index in [0.717, 1.165) is 35.0 Å². The van der Waals surface area contributed by atoms with Crippen molar-refractivity contribution >= 4 is 44.1 Å². The summed E-state index contributed by atoms with van der Waals surface area (Å²) in [5.74, 6) is -1.97. The number of rotatable bonds is 9. The number of likely N-dealkylation sites (tertiary alicyclic amines) is 1. The second kappa shape index (κ2) is 10.8. The van der Waals surface area contributed by atoms with Crippen molar-refractivity contribution in [3.8, 4) is 17.1 Å². The molecule has 5 rings (SSSR count). The summed E-state index contributed by atoms with van der Waals surface area (Å²) in [4.78, 5) is 22.8. The van der Waals surface area contributed by atoms with E-state index in [2.05, 4.69) is 39.1 Å². The van der Waals surface area contributed by atoms with Crippen molar-refractivity contribution in [1.29, 1.82) is 0 Å². The molecule has 0 saturated carbocycles. The minimum atomic E-state index is -1.06. The Labute approximate surface area is 217 Å². The van der Waals surface area contributed by atoms with Crippen LogP contribution in [0.25, 0.3) is 32.1 Å². The number of carbonyl (C=O) groups excluding carboxylic acids is 1. The van der Waals surface area contributed by atoms with Gasteiger partial charge in [0, 0.05) is 40.3 Å². The largest absolute Gasteiger partial charge is 0.462 e. The van der Waals surface area contributed by atoms with E-state index in [9.17, 15) is 9.18 Å². The Morgan fingerprint density at radius 2 is 2.11 bits per heavy atom. The van der Waals surface area contributed by atoms with Crippen molar-refractivity contribution in [3.63, 3.8) is 0 Å². The van der Waals surface area contributed by atoms with E-state index < -0.39 is 17.6 Å². The van der Waals surface area contributed by atoms with Crippen molar-refractivity contribution in [3.05, 3.63) is 60.0 Å². The van der Waals surface area contributed by atoms with Crippen LogP contribution < -0.4 is 15.4 Å². The fraction of sp³-hybridized carbons (Fsp3) is 0.296. The zero-order valence-electron chi connectivity index (χ0n) is 20.4. The molecule has 37 heavy (non-hydrogen) atoms. The van der Waals surface area contributed by atoms with Crippen LogP contribution in [-0.4, -0.2) is 60.1 Å². The zero-order valence-corrected chi connectivity index (χ0v) is 21.2. The number of hydrogen-bond acceptors (Lipinski definition) is 7. The first-order chi connectivity index (χ1) is 17.9. The third kappa shape index (κ3) is 5.40. The quantitative estimate of drug-likeness (QED) is 0.234. The minimum absolute atomic E-state index is 0.122. The summed E-state index contributed by atoms with van der Waals surface area (Å²) in [6.07, 6.45) is 2.15. The molecule has 1 saturated heterocycles. The number of fused-ring (bicyclic) bond motifs is 2. The molecule has 1 fully saturated rings. The van der Waals surface area contributed by atoms with Crippen LogP contribution >= 0.6 is 11.3 Å². The number of anilines is 1. The van der Waals surface area contributed by atoms with Crippen LogP contribution in [0, 0.1) is 5.82 Å². The van der Waals surface area contributed by atoms with E-state index in [1.165, 1.54) is 6.07 Å². The molecule has 0 unspecified atom stereocenters. The van der Waals surface area contributed by atoms with E-state index in [4.69, 9.17) is 4.74 Å². The predicted molar refractivity (Wildman–Crippen MR) is 143 cm³/mol. The maximum Gasteiger partial charge on any atom is 0.318 e. The number of nitrogens with one attached hydrogen (secondary N) is 2. The van der Waals surface area contributed by atoms with Gasteiger partial charge in [-0.3, -0.25) is 4.79 Å². The van der Waals surface area contributed by atoms with Gasteiger partial charge in [-0.1, -0.05) is 24.8 Å². The number of nitrogens with zero attached hydrogens (tertiary/aromatic N) is 3. The van der Waals surface area contributed by atoms with Gasteiger partial charge in [0.25, 0.3) is 5.91 Å². The Bertz CT molecular complexity index is 1470. The molecule has 1 aliphatic heterocycles. The Morgan fingerprint density at radius 1 is 1.24 bits per heavy atom. The molecule has 10 heteroatoms. The third-order valence-electron chi connectivity index (χ3n) is 6.56. The van der Waals surface area contributed by atoms with Gasteiger partial charge in [-0.05, 0) is 55.4 Å². The van der Waals surface area contributed by atoms with Gasteiger partial charge in [-0.25, -0.2) is 8.78 Å². The first kappa shape index (κ1) is 25.0. The number of thiophene rings is 1. The highest BCUT2D eigenvalue weighted by atomic mass is 32.1. The van der Waals surface area contributed by atoms with Crippen LogP contribution in [0.15, 0.2) is 54.2 Å². The molecular weight excluding hydrogens is 496 g/mol. The Hall–Kier alpha value is -3.63. The fourth-order valence-corrected chi connectivity index (χ4v) is 5.48. The molecule has 2 N–H and O–H groups in total. The molecule has 2 aromatic carbocycles. The Morgan fingerprint density at radius 3 is 2.89 bits per heavy atom. The normalized spacial score (nSPS) is 15.8. The topological polar surface area (TPSA) is 79.4 Å². The zero-order chi connectivity index (χ0) is 25.9. The van der Waals surface area contributed by atoms with E-state index in [-0.39, 0.29) is 25.1 Å². The summed E-state index contributed by atoms with van der Waals surface area (Å²) in [6, 6.07) is 11.4. The maximum absolute atomic E-state index is 15.5. The molecule has 0 radical (unpaired) electrons. The van der Waals surface area contributed by atoms with Gasteiger partial charge in [0.05, 0.1) is 5.52 Å². The van der Waals surface area contributed by atoms with E-state index in [1.54, 1.807) is 17.4 Å². The molecule has 0 bridgehead atoms. The highest BCUT2D eigenvalue weighted by molar-refractivity contribution is 7.17. The lowest BCUT2D eigenvalue weighted by atomic mass is 10.0. The van der Waals surface area contributed by atoms with E-state index in [1.807, 2.05) is 29.6 Å². The Balaban J connectivity index is 1.48. The molecule has 1 atom stereocenters. The van der Waals surface area contributed by atoms with Gasteiger partial charge in [-0.15, -0.1) is 11.3 Å². The minimum Gasteiger partial charge on any atom is -0.462 e. The molecule has 192 valence electrons. The van der Waals surface area contributed by atoms with Gasteiger partial charge in [0.2, 0.25) is 0 Å². The number of halogens is 2. The highest BCUT2D eigenvalue weighted by Crippen LogP contribution is 2.36. The number of likely N-dealkylation sites (N-methyl/N-ethyl adjacent to an activating group) is 1. The second-order valence-electron chi connectivity index (χ2n) is 9.02. The van der Waals surface area contributed by atoms with Gasteiger partial charge < -0.3 is 20.3 Å². The van der Waals surface area contributed by atoms with Crippen LogP contribution in [0.5, 0.6) is 6.01 Å². The molecular formula is C27H27F2N5O2S. The summed E-state index contributed by atoms with van der Waals surface area (Å²) in [5.41, 5.74) is 1.77. The van der Waals surface area contributed by atoms with Gasteiger partial charge >= 0.3 is 6.01 Å². The summed E-state index contributed by atoms with van der Waals surface area (Å²) >= 11 is 1.56. The number of amides is 1. The predicted octanol–water partition coefficient (Wildman–Crippen LogP) is 5.13. The second-order valence-corrected chi connectivity index (χ2v) is 9.94. The average Bonchev–Trinajstić information content (AvgIpc) is 3.53. The highest BCUT2D eigenvalue weighted by Gasteiger charge is 2.22. The van der Waals surface area contributed by atoms with Crippen LogP contribution in [0.1, 0.15) is 12.8 Å². The average molecular weight is 524 g/mol. The molecule has 1 amide bonds. The molecule has 0 aliphatic carbocycles. The lowest BCUT2D eigenvalue weighted by Crippen LogP contribution is -2.31. The van der Waals surface area contributed by atoms with Crippen molar-refractivity contribution in [2.45, 2.75) is 18.9 Å². The fourth-order valence-electron chi connectivity index (χ4n) is 4.55. The van der Waals surface area contributed by atoms with Crippen molar-refractivity contribution in [2.75, 3.05) is 38.6 Å². The van der Waals surface area contributed by atoms with E-state index in [0.29, 0.717) is 28.9 Å². The number of ether oxygens (including phenoxy) is 1. The smallest absolute Gasteiger partial charge is 0.318 e. The number of carbonyl (C=O) groups is 1. The van der Waals surface area contributed by atoms with Crippen LogP contribution in [-0.2, 0) is 4.79 Å². The van der Waals surface area contributed by atoms with Gasteiger partial charge in [0.1, 0.15) is 18.2 Å². The van der Waals surface area contributed by atoms with Gasteiger partial charge in [0.15, 0.2) is 5.83 Å². The molecule has 7 nitrogen and oxygen atoms in total. The van der Waals surface area contributed by atoms with Crippen LogP contribution in [0.2, 0.25) is 0 Å².